The number of phenols is 1. The van der Waals surface area contributed by atoms with Crippen LogP contribution in [-0.4, -0.2) is 261 Å². The average molecular weight is 1910 g/mol. The Morgan fingerprint density at radius 2 is 1.10 bits per heavy atom. The number of ketones is 4. The molecular weight excluding hydrogens is 1770 g/mol. The lowest BCUT2D eigenvalue weighted by molar-refractivity contribution is -0.140. The van der Waals surface area contributed by atoms with Crippen LogP contribution in [0.5, 0.6) is 5.75 Å². The highest BCUT2D eigenvalue weighted by molar-refractivity contribution is 6.41. The van der Waals surface area contributed by atoms with Crippen LogP contribution in [-0.2, 0) is 110 Å². The van der Waals surface area contributed by atoms with E-state index in [1.807, 2.05) is 39.8 Å². The van der Waals surface area contributed by atoms with Gasteiger partial charge in [-0.15, -0.1) is 0 Å². The first-order valence-corrected chi connectivity index (χ1v) is 46.9. The predicted octanol–water partition coefficient (Wildman–Crippen LogP) is 0.435. The van der Waals surface area contributed by atoms with Gasteiger partial charge in [0.15, 0.2) is 0 Å². The molecule has 0 spiro atoms. The Bertz CT molecular complexity index is 4890. The summed E-state index contributed by atoms with van der Waals surface area (Å²) in [7, 11) is 3.34. The Hall–Kier alpha value is -12.7. The first kappa shape index (κ1) is 115. The molecule has 137 heavy (non-hydrogen) atoms. The maximum atomic E-state index is 15.3. The van der Waals surface area contributed by atoms with Crippen molar-refractivity contribution < 1.29 is 101 Å². The summed E-state index contributed by atoms with van der Waals surface area (Å²) >= 11 is 0. The van der Waals surface area contributed by atoms with Gasteiger partial charge < -0.3 is 111 Å². The molecule has 3 aromatic carbocycles. The molecule has 1 aliphatic heterocycles. The molecule has 15 amide bonds. The number of rotatable bonds is 38. The highest BCUT2D eigenvalue weighted by Crippen LogP contribution is 2.25. The Balaban J connectivity index is 1.55. The van der Waals surface area contributed by atoms with Crippen LogP contribution >= 0.6 is 0 Å². The second kappa shape index (κ2) is 55.5. The number of likely N-dealkylation sites (N-methyl/N-ethyl adjacent to an activating group) is 1. The maximum absolute atomic E-state index is 15.3. The van der Waals surface area contributed by atoms with Gasteiger partial charge in [-0.3, -0.25) is 91.1 Å². The molecular formula is C97H145N19O21. The predicted molar refractivity (Wildman–Crippen MR) is 512 cm³/mol. The Morgan fingerprint density at radius 3 is 1.70 bits per heavy atom. The van der Waals surface area contributed by atoms with E-state index in [2.05, 4.69) is 84.7 Å². The minimum Gasteiger partial charge on any atom is -0.508 e. The highest BCUT2D eigenvalue weighted by Gasteiger charge is 2.44. The Kier molecular flexibility index (Phi) is 46.5. The fourth-order valence-electron chi connectivity index (χ4n) is 15.2. The number of nitrogens with two attached hydrogens (primary N) is 2. The second-order valence-electron chi connectivity index (χ2n) is 37.5. The number of benzene rings is 3. The summed E-state index contributed by atoms with van der Waals surface area (Å²) in [6.07, 6.45) is 5.26. The fraction of sp³-hybridized carbons (Fsp3) is 0.577. The number of hydrogen-bond donors (Lipinski definition) is 20. The Labute approximate surface area is 800 Å². The molecule has 2 heterocycles. The molecule has 40 nitrogen and oxygen atoms in total. The number of Topliss-reactive ketones (excluding diaryl/α,β-unsaturated/α-hetero) is 4. The molecule has 1 aromatic heterocycles. The van der Waals surface area contributed by atoms with Gasteiger partial charge in [0.05, 0.1) is 42.7 Å². The van der Waals surface area contributed by atoms with E-state index in [0.717, 1.165) is 0 Å². The molecule has 0 saturated heterocycles. The van der Waals surface area contributed by atoms with Gasteiger partial charge in [-0.1, -0.05) is 127 Å². The highest BCUT2D eigenvalue weighted by atomic mass is 16.3. The lowest BCUT2D eigenvalue weighted by Crippen LogP contribution is -2.65. The van der Waals surface area contributed by atoms with Crippen LogP contribution in [0.25, 0.3) is 10.9 Å². The molecule has 0 fully saturated rings. The van der Waals surface area contributed by atoms with Crippen LogP contribution in [0.1, 0.15) is 204 Å². The van der Waals surface area contributed by atoms with Gasteiger partial charge in [-0.25, -0.2) is 0 Å². The minimum absolute atomic E-state index is 0.00222. The van der Waals surface area contributed by atoms with Crippen molar-refractivity contribution in [2.45, 2.75) is 302 Å². The summed E-state index contributed by atoms with van der Waals surface area (Å²) in [4.78, 5) is 273. The molecule has 0 radical (unpaired) electrons. The van der Waals surface area contributed by atoms with Gasteiger partial charge in [0.2, 0.25) is 112 Å². The third-order valence-corrected chi connectivity index (χ3v) is 23.7. The monoisotopic (exact) mass is 1910 g/mol. The van der Waals surface area contributed by atoms with Crippen molar-refractivity contribution >= 4 is 123 Å². The van der Waals surface area contributed by atoms with E-state index < -0.39 is 226 Å². The quantitative estimate of drug-likeness (QED) is 0.0214. The third-order valence-electron chi connectivity index (χ3n) is 23.7. The van der Waals surface area contributed by atoms with Crippen molar-refractivity contribution in [2.75, 3.05) is 33.7 Å². The number of aromatic hydroxyl groups is 1. The number of primary amides is 2. The molecule has 18 atom stereocenters. The number of allylic oxidation sites excluding steroid dienone is 2. The summed E-state index contributed by atoms with van der Waals surface area (Å²) in [5, 5.41) is 62.4. The number of nitrogens with one attached hydrogen (secondary N) is 16. The van der Waals surface area contributed by atoms with Crippen LogP contribution in [0.4, 0.5) is 0 Å². The van der Waals surface area contributed by atoms with E-state index >= 15 is 24.0 Å². The van der Waals surface area contributed by atoms with Gasteiger partial charge in [-0.05, 0) is 188 Å². The SMILES string of the molecule is CC(C)C[C@@H]1CN[C@@H](CCC(N)=O)C(=O)C(=O)C(C)NC(=O)[C@H](Cc2c[nH]c3ccccc23)NC(=O)[C@H](Cc2ccc(O)cc2)NC(=O)C(C)NC(=O)[C@](C)(NC(=O)[C@H](Cc2ccccc2)NC(=O)[C@@H](NC(=O)[C@H](CC(C)C)NC(=O)CN(C)C)[C@@H](C)O)CCCCCC/C=C/CCC[C@@](C)(C(=O)NC(C)C(=O)N[C@@H](C)C(=O)NC(C)C(=O)N[C@@H](C)C(=O)C(=O)[C@H](C)NC[C@H](C)C(N)=O)NC1=O. The third kappa shape index (κ3) is 38.1. The van der Waals surface area contributed by atoms with Gasteiger partial charge in [-0.2, -0.15) is 0 Å². The molecule has 40 heteroatoms. The average Bonchev–Trinajstić information content (AvgIpc) is 1.79. The van der Waals surface area contributed by atoms with Crippen LogP contribution in [0, 0.1) is 23.7 Å². The van der Waals surface area contributed by atoms with Gasteiger partial charge >= 0.3 is 0 Å². The van der Waals surface area contributed by atoms with Crippen molar-refractivity contribution in [1.82, 2.24) is 89.6 Å². The van der Waals surface area contributed by atoms with Crippen molar-refractivity contribution in [1.29, 1.82) is 0 Å². The van der Waals surface area contributed by atoms with Crippen LogP contribution in [0.15, 0.2) is 97.2 Å². The molecule has 4 aromatic rings. The molecule has 0 bridgehead atoms. The number of fused-ring (bicyclic) bond motifs is 1. The van der Waals surface area contributed by atoms with Gasteiger partial charge in [0.25, 0.3) is 0 Å². The van der Waals surface area contributed by atoms with E-state index in [0.29, 0.717) is 59.7 Å². The molecule has 1 aliphatic rings. The van der Waals surface area contributed by atoms with Gasteiger partial charge in [0.1, 0.15) is 71.2 Å². The zero-order valence-electron chi connectivity index (χ0n) is 81.8. The summed E-state index contributed by atoms with van der Waals surface area (Å²) in [5.41, 5.74) is 9.24. The maximum Gasteiger partial charge on any atom is 0.246 e. The number of carbonyl (C=O) groups excluding carboxylic acids is 19. The molecule has 754 valence electrons. The van der Waals surface area contributed by atoms with Crippen LogP contribution in [0.2, 0.25) is 0 Å². The number of H-pyrrole nitrogens is 1. The minimum atomic E-state index is -1.93. The summed E-state index contributed by atoms with van der Waals surface area (Å²) < 4.78 is 0. The number of aliphatic hydroxyl groups excluding tert-OH is 1. The van der Waals surface area contributed by atoms with Crippen LogP contribution in [0.3, 0.4) is 0 Å². The largest absolute Gasteiger partial charge is 0.508 e. The smallest absolute Gasteiger partial charge is 0.246 e. The molecule has 0 saturated carbocycles. The number of aliphatic hydroxyl groups is 1. The molecule has 4 unspecified atom stereocenters. The molecule has 0 aliphatic carbocycles. The number of hydrogen-bond acceptors (Lipinski definition) is 24. The van der Waals surface area contributed by atoms with E-state index in [9.17, 15) is 77.3 Å². The summed E-state index contributed by atoms with van der Waals surface area (Å²) in [6.45, 7) is 21.6. The van der Waals surface area contributed by atoms with Crippen molar-refractivity contribution in [3.05, 3.63) is 114 Å². The second-order valence-corrected chi connectivity index (χ2v) is 37.5. The van der Waals surface area contributed by atoms with E-state index in [1.54, 1.807) is 79.8 Å². The number of carbonyl (C=O) groups is 19. The standard InChI is InChI=1S/C97H145N19O21/c1-53(2)44-67-51-102-71(40-41-76(98)119)82(124)81(123)58(8)104-89(131)75(48-66-50-101-70-35-29-28-34-69(66)70)111-90(132)73(47-65-36-38-68(118)39-37-65)110-87(129)62(12)108-95(137)97(15,115-92(134)74(46-64-32-26-25-27-33-64)112-93(135)78(63(13)117)113-91(133)72(45-54(3)4)109-77(120)52-116(16)17)43-31-24-22-20-18-19-21-23-30-42-96(14,114-88(67)130)94(136)107-61(11)86(128)106-60(10)85(127)105-59(9)84(126)103-57(7)80(122)79(121)56(6)100-49-55(5)83(99)125/h19,21,25-29,32-39,50,53-63,67,71-75,78,100-102,117-118H,18,20,22-24,30-31,40-49,51-52H2,1-17H3,(H2,98,119)(H2,99,125)(H,103,126)(H,104,131)(H,105,127)(H,106,128)(H,107,136)(H,108,137)(H,109,120)(H,110,129)(H,111,132)(H,112,135)(H,113,133)(H,114,130)(H,115,134)/b21-19+/t55-,56-,57-,58?,59?,60-,61?,62?,63+,67+,71-,72-,73-,74-,75-,78-,96-,97+/m0/s1. The fourth-order valence-corrected chi connectivity index (χ4v) is 15.2. The van der Waals surface area contributed by atoms with Crippen LogP contribution < -0.4 is 91.2 Å². The molecule has 22 N–H and O–H groups in total. The number of amides is 15. The lowest BCUT2D eigenvalue weighted by atomic mass is 9.89. The Morgan fingerprint density at radius 1 is 0.533 bits per heavy atom. The van der Waals surface area contributed by atoms with E-state index in [-0.39, 0.29) is 101 Å². The topological polar surface area (TPSA) is 616 Å². The first-order chi connectivity index (χ1) is 64.3. The number of nitrogens with zero attached hydrogens (tertiary/aromatic N) is 1. The zero-order valence-corrected chi connectivity index (χ0v) is 81.8. The van der Waals surface area contributed by atoms with E-state index in [4.69, 9.17) is 11.5 Å². The number of phenolic OH excluding ortho intramolecular Hbond substituents is 1. The van der Waals surface area contributed by atoms with Crippen molar-refractivity contribution in [3.63, 3.8) is 0 Å². The number of aromatic amines is 1. The molecule has 5 rings (SSSR count). The number of aromatic nitrogens is 1. The lowest BCUT2D eigenvalue weighted by Gasteiger charge is -2.33. The normalized spacial score (nSPS) is 22.2. The van der Waals surface area contributed by atoms with E-state index in [1.165, 1.54) is 100 Å². The number of para-hydroxylation sites is 1. The zero-order chi connectivity index (χ0) is 102. The van der Waals surface area contributed by atoms with Crippen molar-refractivity contribution in [3.8, 4) is 5.75 Å². The van der Waals surface area contributed by atoms with Crippen molar-refractivity contribution in [2.24, 2.45) is 35.1 Å². The van der Waals surface area contributed by atoms with Gasteiger partial charge in [0, 0.05) is 61.8 Å². The summed E-state index contributed by atoms with van der Waals surface area (Å²) in [6, 6.07) is 2.42. The first-order valence-electron chi connectivity index (χ1n) is 46.9. The summed E-state index contributed by atoms with van der Waals surface area (Å²) in [5.74, 6) is -19.1.